The van der Waals surface area contributed by atoms with Crippen molar-refractivity contribution in [3.8, 4) is 11.1 Å². The predicted molar refractivity (Wildman–Crippen MR) is 117 cm³/mol. The molecule has 0 aliphatic carbocycles. The van der Waals surface area contributed by atoms with Gasteiger partial charge in [0, 0.05) is 5.69 Å². The zero-order valence-corrected chi connectivity index (χ0v) is 16.4. The van der Waals surface area contributed by atoms with Crippen LogP contribution in [0.25, 0.3) is 33.1 Å². The lowest BCUT2D eigenvalue weighted by atomic mass is 10.0. The maximum atomic E-state index is 12.9. The molecular weight excluding hydrogens is 409 g/mol. The van der Waals surface area contributed by atoms with E-state index in [9.17, 15) is 4.79 Å². The van der Waals surface area contributed by atoms with Crippen LogP contribution in [0.1, 0.15) is 0 Å². The summed E-state index contributed by atoms with van der Waals surface area (Å²) in [5.41, 5.74) is 2.52. The summed E-state index contributed by atoms with van der Waals surface area (Å²) in [4.78, 5) is 12.9. The summed E-state index contributed by atoms with van der Waals surface area (Å²) < 4.78 is 11.7. The summed E-state index contributed by atoms with van der Waals surface area (Å²) in [5, 5.41) is 5.14. The number of fused-ring (bicyclic) bond motifs is 3. The van der Waals surface area contributed by atoms with E-state index in [0.29, 0.717) is 49.0 Å². The number of anilines is 2. The lowest BCUT2D eigenvalue weighted by Gasteiger charge is -2.07. The average Bonchev–Trinajstić information content (AvgIpc) is 3.11. The predicted octanol–water partition coefficient (Wildman–Crippen LogP) is 7.26. The fourth-order valence-corrected chi connectivity index (χ4v) is 3.68. The number of halogens is 2. The Kier molecular flexibility index (Phi) is 4.31. The summed E-state index contributed by atoms with van der Waals surface area (Å²) in [6, 6.07) is 22.0. The van der Waals surface area contributed by atoms with Gasteiger partial charge in [0.05, 0.1) is 21.0 Å². The molecule has 0 atom stereocenters. The topological polar surface area (TPSA) is 55.4 Å². The number of nitrogens with one attached hydrogen (secondary N) is 1. The van der Waals surface area contributed by atoms with Crippen molar-refractivity contribution in [1.29, 1.82) is 0 Å². The van der Waals surface area contributed by atoms with Crippen molar-refractivity contribution in [1.82, 2.24) is 0 Å². The Labute approximate surface area is 175 Å². The minimum absolute atomic E-state index is 0.348. The lowest BCUT2D eigenvalue weighted by Crippen LogP contribution is -2.00. The molecule has 4 nitrogen and oxygen atoms in total. The lowest BCUT2D eigenvalue weighted by molar-refractivity contribution is 0.566. The molecule has 5 rings (SSSR count). The molecule has 0 amide bonds. The van der Waals surface area contributed by atoms with E-state index < -0.39 is 5.63 Å². The van der Waals surface area contributed by atoms with E-state index in [1.807, 2.05) is 48.5 Å². The molecule has 2 aromatic heterocycles. The van der Waals surface area contributed by atoms with E-state index in [0.717, 1.165) is 5.69 Å². The summed E-state index contributed by atoms with van der Waals surface area (Å²) >= 11 is 12.3. The van der Waals surface area contributed by atoms with Crippen LogP contribution in [0.4, 0.5) is 11.6 Å². The summed E-state index contributed by atoms with van der Waals surface area (Å²) in [6.07, 6.45) is 0. The molecule has 6 heteroatoms. The van der Waals surface area contributed by atoms with Crippen LogP contribution < -0.4 is 10.9 Å². The molecule has 0 saturated heterocycles. The smallest absolute Gasteiger partial charge is 0.348 e. The van der Waals surface area contributed by atoms with Crippen molar-refractivity contribution in [2.45, 2.75) is 0 Å². The van der Waals surface area contributed by atoms with Crippen LogP contribution in [0.5, 0.6) is 0 Å². The van der Waals surface area contributed by atoms with Gasteiger partial charge in [0.15, 0.2) is 5.58 Å². The Hall–Kier alpha value is -3.21. The third-order valence-corrected chi connectivity index (χ3v) is 5.43. The molecule has 0 aliphatic rings. The maximum absolute atomic E-state index is 12.9. The number of benzene rings is 3. The van der Waals surface area contributed by atoms with Gasteiger partial charge in [0.2, 0.25) is 5.88 Å². The molecule has 2 heterocycles. The molecular formula is C23H13Cl2NO3. The van der Waals surface area contributed by atoms with Crippen molar-refractivity contribution in [3.05, 3.63) is 93.3 Å². The van der Waals surface area contributed by atoms with E-state index >= 15 is 0 Å². The highest BCUT2D eigenvalue weighted by atomic mass is 35.5. The van der Waals surface area contributed by atoms with Crippen molar-refractivity contribution >= 4 is 56.7 Å². The van der Waals surface area contributed by atoms with Gasteiger partial charge < -0.3 is 14.2 Å². The molecule has 0 bridgehead atoms. The highest BCUT2D eigenvalue weighted by molar-refractivity contribution is 6.42. The molecule has 0 spiro atoms. The van der Waals surface area contributed by atoms with Crippen molar-refractivity contribution in [2.24, 2.45) is 0 Å². The first-order valence-electron chi connectivity index (χ1n) is 8.87. The quantitative estimate of drug-likeness (QED) is 0.311. The van der Waals surface area contributed by atoms with Gasteiger partial charge in [0.25, 0.3) is 0 Å². The summed E-state index contributed by atoms with van der Waals surface area (Å²) in [7, 11) is 0. The van der Waals surface area contributed by atoms with Gasteiger partial charge in [-0.3, -0.25) is 0 Å². The van der Waals surface area contributed by atoms with Crippen LogP contribution in [0, 0.1) is 0 Å². The van der Waals surface area contributed by atoms with Crippen molar-refractivity contribution in [2.75, 3.05) is 5.32 Å². The Balaban J connectivity index is 1.86. The van der Waals surface area contributed by atoms with E-state index in [-0.39, 0.29) is 0 Å². The zero-order chi connectivity index (χ0) is 20.0. The van der Waals surface area contributed by atoms with E-state index in [2.05, 4.69) is 5.32 Å². The van der Waals surface area contributed by atoms with E-state index in [1.54, 1.807) is 24.3 Å². The minimum Gasteiger partial charge on any atom is -0.439 e. The molecule has 0 fully saturated rings. The number of rotatable bonds is 3. The van der Waals surface area contributed by atoms with Crippen molar-refractivity contribution < 1.29 is 8.83 Å². The van der Waals surface area contributed by atoms with Crippen LogP contribution in [0.15, 0.2) is 86.4 Å². The number of furan rings is 1. The van der Waals surface area contributed by atoms with Gasteiger partial charge in [-0.1, -0.05) is 59.6 Å². The first kappa shape index (κ1) is 17.9. The zero-order valence-electron chi connectivity index (χ0n) is 14.9. The third kappa shape index (κ3) is 3.07. The van der Waals surface area contributed by atoms with Crippen LogP contribution in [0.3, 0.4) is 0 Å². The normalized spacial score (nSPS) is 11.2. The van der Waals surface area contributed by atoms with Gasteiger partial charge in [-0.25, -0.2) is 4.79 Å². The third-order valence-electron chi connectivity index (χ3n) is 4.69. The molecule has 142 valence electrons. The van der Waals surface area contributed by atoms with Gasteiger partial charge >= 0.3 is 5.63 Å². The molecule has 3 aromatic carbocycles. The Morgan fingerprint density at radius 3 is 2.34 bits per heavy atom. The second-order valence-electron chi connectivity index (χ2n) is 6.52. The molecule has 0 unspecified atom stereocenters. The summed E-state index contributed by atoms with van der Waals surface area (Å²) in [6.45, 7) is 0. The van der Waals surface area contributed by atoms with Crippen LogP contribution in [-0.2, 0) is 0 Å². The van der Waals surface area contributed by atoms with Crippen molar-refractivity contribution in [3.63, 3.8) is 0 Å². The van der Waals surface area contributed by atoms with Gasteiger partial charge in [0.1, 0.15) is 11.0 Å². The highest BCUT2D eigenvalue weighted by Gasteiger charge is 2.23. The SMILES string of the molecule is O=c1oc2ccccc2c2oc(Nc3ccccc3)c(-c3ccc(Cl)c(Cl)c3)c12. The molecule has 0 radical (unpaired) electrons. The second-order valence-corrected chi connectivity index (χ2v) is 7.33. The molecule has 0 saturated carbocycles. The second kappa shape index (κ2) is 6.99. The first-order valence-corrected chi connectivity index (χ1v) is 9.63. The maximum Gasteiger partial charge on any atom is 0.348 e. The standard InChI is InChI=1S/C23H13Cl2NO3/c24-16-11-10-13(12-17(16)25)19-20-21(15-8-4-5-9-18(15)28-23(20)27)29-22(19)26-14-6-2-1-3-7-14/h1-12,26H. The van der Waals surface area contributed by atoms with Crippen LogP contribution in [0.2, 0.25) is 10.0 Å². The van der Waals surface area contributed by atoms with E-state index in [1.165, 1.54) is 0 Å². The first-order chi connectivity index (χ1) is 14.1. The average molecular weight is 422 g/mol. The fraction of sp³-hybridized carbons (Fsp3) is 0. The molecule has 5 aromatic rings. The molecule has 1 N–H and O–H groups in total. The molecule has 29 heavy (non-hydrogen) atoms. The number of hydrogen-bond acceptors (Lipinski definition) is 4. The fourth-order valence-electron chi connectivity index (χ4n) is 3.38. The van der Waals surface area contributed by atoms with Crippen LogP contribution >= 0.6 is 23.2 Å². The summed E-state index contributed by atoms with van der Waals surface area (Å²) in [5.74, 6) is 0.424. The number of hydrogen-bond donors (Lipinski definition) is 1. The van der Waals surface area contributed by atoms with Gasteiger partial charge in [-0.15, -0.1) is 0 Å². The largest absolute Gasteiger partial charge is 0.439 e. The van der Waals surface area contributed by atoms with Gasteiger partial charge in [-0.05, 0) is 42.0 Å². The van der Waals surface area contributed by atoms with E-state index in [4.69, 9.17) is 32.0 Å². The highest BCUT2D eigenvalue weighted by Crippen LogP contribution is 2.42. The number of para-hydroxylation sites is 2. The Morgan fingerprint density at radius 2 is 1.55 bits per heavy atom. The monoisotopic (exact) mass is 421 g/mol. The Morgan fingerprint density at radius 1 is 0.793 bits per heavy atom. The minimum atomic E-state index is -0.482. The van der Waals surface area contributed by atoms with Crippen LogP contribution in [-0.4, -0.2) is 0 Å². The Bertz CT molecular complexity index is 1420. The molecule has 0 aliphatic heterocycles. The van der Waals surface area contributed by atoms with Gasteiger partial charge in [-0.2, -0.15) is 0 Å².